The molecule has 0 bridgehead atoms. The standard InChI is InChI=1S/C22H22FN5O3S/c1-14-21(15(2)28(26-14)18-10-8-16(23)9-11-18)22(29)25-17-5-3-6-19(13-17)32(30,31)27-20-7-4-12-24-20/h3,5-6,8-11,13H,4,7,12H2,1-2H3,(H,24,27)(H,25,29). The van der Waals surface area contributed by atoms with Crippen molar-refractivity contribution in [3.8, 4) is 5.69 Å². The molecular weight excluding hydrogens is 433 g/mol. The number of benzene rings is 2. The van der Waals surface area contributed by atoms with Gasteiger partial charge in [0.25, 0.3) is 15.9 Å². The number of aromatic nitrogens is 2. The quantitative estimate of drug-likeness (QED) is 0.615. The number of hydrogen-bond donors (Lipinski definition) is 2. The second-order valence-corrected chi connectivity index (χ2v) is 9.14. The molecule has 1 aliphatic heterocycles. The van der Waals surface area contributed by atoms with E-state index >= 15 is 0 Å². The number of rotatable bonds is 5. The number of sulfonamides is 1. The lowest BCUT2D eigenvalue weighted by atomic mass is 10.1. The molecule has 4 rings (SSSR count). The van der Waals surface area contributed by atoms with Crippen molar-refractivity contribution in [3.63, 3.8) is 0 Å². The fraction of sp³-hybridized carbons (Fsp3) is 0.227. The van der Waals surface area contributed by atoms with Crippen LogP contribution in [0.25, 0.3) is 5.69 Å². The Bertz CT molecular complexity index is 1310. The average molecular weight is 456 g/mol. The van der Waals surface area contributed by atoms with E-state index in [1.807, 2.05) is 0 Å². The van der Waals surface area contributed by atoms with Crippen LogP contribution in [0.3, 0.4) is 0 Å². The Kier molecular flexibility index (Phi) is 5.79. The van der Waals surface area contributed by atoms with E-state index in [1.54, 1.807) is 42.8 Å². The van der Waals surface area contributed by atoms with Gasteiger partial charge in [0, 0.05) is 18.7 Å². The van der Waals surface area contributed by atoms with Gasteiger partial charge in [-0.25, -0.2) is 17.5 Å². The Balaban J connectivity index is 1.57. The highest BCUT2D eigenvalue weighted by Gasteiger charge is 2.22. The molecule has 1 aromatic heterocycles. The molecule has 32 heavy (non-hydrogen) atoms. The van der Waals surface area contributed by atoms with Gasteiger partial charge in [-0.1, -0.05) is 6.07 Å². The molecule has 3 aromatic rings. The molecule has 1 aliphatic rings. The van der Waals surface area contributed by atoms with Gasteiger partial charge in [0.1, 0.15) is 11.7 Å². The second-order valence-electron chi connectivity index (χ2n) is 7.45. The van der Waals surface area contributed by atoms with Crippen molar-refractivity contribution < 1.29 is 17.6 Å². The van der Waals surface area contributed by atoms with Crippen molar-refractivity contribution in [1.82, 2.24) is 14.5 Å². The summed E-state index contributed by atoms with van der Waals surface area (Å²) >= 11 is 0. The highest BCUT2D eigenvalue weighted by atomic mass is 32.2. The van der Waals surface area contributed by atoms with E-state index in [1.165, 1.54) is 24.3 Å². The van der Waals surface area contributed by atoms with Gasteiger partial charge < -0.3 is 5.32 Å². The first-order valence-corrected chi connectivity index (χ1v) is 11.5. The Morgan fingerprint density at radius 1 is 1.12 bits per heavy atom. The summed E-state index contributed by atoms with van der Waals surface area (Å²) in [6, 6.07) is 11.8. The second kappa shape index (κ2) is 8.54. The van der Waals surface area contributed by atoms with Crippen molar-refractivity contribution in [2.24, 2.45) is 4.99 Å². The van der Waals surface area contributed by atoms with Crippen LogP contribution in [-0.4, -0.2) is 36.5 Å². The largest absolute Gasteiger partial charge is 0.322 e. The molecular formula is C22H22FN5O3S. The van der Waals surface area contributed by atoms with Gasteiger partial charge in [-0.15, -0.1) is 0 Å². The highest BCUT2D eigenvalue weighted by molar-refractivity contribution is 7.90. The Hall–Kier alpha value is -3.53. The Labute approximate surface area is 185 Å². The Morgan fingerprint density at radius 2 is 1.88 bits per heavy atom. The van der Waals surface area contributed by atoms with Gasteiger partial charge in [0.15, 0.2) is 0 Å². The average Bonchev–Trinajstić information content (AvgIpc) is 3.35. The van der Waals surface area contributed by atoms with E-state index in [9.17, 15) is 17.6 Å². The minimum Gasteiger partial charge on any atom is -0.322 e. The summed E-state index contributed by atoms with van der Waals surface area (Å²) in [5.74, 6) is -0.340. The van der Waals surface area contributed by atoms with E-state index < -0.39 is 15.9 Å². The number of aryl methyl sites for hydroxylation is 1. The third kappa shape index (κ3) is 4.40. The van der Waals surface area contributed by atoms with E-state index in [0.717, 1.165) is 6.42 Å². The van der Waals surface area contributed by atoms with Crippen LogP contribution in [-0.2, 0) is 10.0 Å². The summed E-state index contributed by atoms with van der Waals surface area (Å²) in [4.78, 5) is 17.1. The zero-order valence-electron chi connectivity index (χ0n) is 17.6. The molecule has 0 spiro atoms. The van der Waals surface area contributed by atoms with Gasteiger partial charge >= 0.3 is 0 Å². The number of carbonyl (C=O) groups is 1. The molecule has 0 radical (unpaired) electrons. The molecule has 2 N–H and O–H groups in total. The SMILES string of the molecule is Cc1nn(-c2ccc(F)cc2)c(C)c1C(=O)Nc1cccc(S(=O)(=O)NC2=NCCC2)c1. The first kappa shape index (κ1) is 21.7. The van der Waals surface area contributed by atoms with E-state index in [-0.39, 0.29) is 10.7 Å². The number of amides is 1. The molecule has 8 nitrogen and oxygen atoms in total. The summed E-state index contributed by atoms with van der Waals surface area (Å²) < 4.78 is 42.6. The van der Waals surface area contributed by atoms with Crippen LogP contribution in [0.2, 0.25) is 0 Å². The Morgan fingerprint density at radius 3 is 2.56 bits per heavy atom. The summed E-state index contributed by atoms with van der Waals surface area (Å²) in [5, 5.41) is 7.15. The normalized spacial score (nSPS) is 13.7. The van der Waals surface area contributed by atoms with E-state index in [0.29, 0.717) is 47.1 Å². The molecule has 10 heteroatoms. The minimum atomic E-state index is -3.80. The van der Waals surface area contributed by atoms with Crippen LogP contribution in [0.5, 0.6) is 0 Å². The molecule has 2 aromatic carbocycles. The molecule has 2 heterocycles. The number of halogens is 1. The molecule has 0 saturated heterocycles. The number of nitrogens with one attached hydrogen (secondary N) is 2. The third-order valence-electron chi connectivity index (χ3n) is 5.12. The molecule has 0 aliphatic carbocycles. The number of anilines is 1. The topological polar surface area (TPSA) is 105 Å². The minimum absolute atomic E-state index is 0.0281. The first-order chi connectivity index (χ1) is 15.2. The predicted molar refractivity (Wildman–Crippen MR) is 119 cm³/mol. The maximum Gasteiger partial charge on any atom is 0.262 e. The van der Waals surface area contributed by atoms with Crippen molar-refractivity contribution in [2.75, 3.05) is 11.9 Å². The zero-order chi connectivity index (χ0) is 22.9. The molecule has 1 amide bonds. The predicted octanol–water partition coefficient (Wildman–Crippen LogP) is 3.35. The van der Waals surface area contributed by atoms with Crippen LogP contribution >= 0.6 is 0 Å². The van der Waals surface area contributed by atoms with Crippen molar-refractivity contribution in [2.45, 2.75) is 31.6 Å². The van der Waals surface area contributed by atoms with Gasteiger partial charge in [0.2, 0.25) is 0 Å². The van der Waals surface area contributed by atoms with Crippen LogP contribution in [0, 0.1) is 19.7 Å². The van der Waals surface area contributed by atoms with Gasteiger partial charge in [-0.05, 0) is 62.7 Å². The van der Waals surface area contributed by atoms with Gasteiger partial charge in [-0.3, -0.25) is 14.5 Å². The lowest BCUT2D eigenvalue weighted by molar-refractivity contribution is 0.102. The monoisotopic (exact) mass is 455 g/mol. The molecule has 0 saturated carbocycles. The summed E-state index contributed by atoms with van der Waals surface area (Å²) in [5.41, 5.74) is 2.39. The zero-order valence-corrected chi connectivity index (χ0v) is 18.4. The summed E-state index contributed by atoms with van der Waals surface area (Å²) in [7, 11) is -3.80. The van der Waals surface area contributed by atoms with Crippen LogP contribution in [0.1, 0.15) is 34.6 Å². The van der Waals surface area contributed by atoms with Crippen molar-refractivity contribution >= 4 is 27.5 Å². The molecule has 0 unspecified atom stereocenters. The third-order valence-corrected chi connectivity index (χ3v) is 6.50. The number of aliphatic imine (C=N–C) groups is 1. The maximum atomic E-state index is 13.2. The van der Waals surface area contributed by atoms with Crippen molar-refractivity contribution in [3.05, 3.63) is 71.3 Å². The molecule has 0 atom stereocenters. The summed E-state index contributed by atoms with van der Waals surface area (Å²) in [6.45, 7) is 4.05. The lowest BCUT2D eigenvalue weighted by Gasteiger charge is -2.10. The lowest BCUT2D eigenvalue weighted by Crippen LogP contribution is -2.29. The number of carbonyl (C=O) groups excluding carboxylic acids is 1. The van der Waals surface area contributed by atoms with E-state index in [4.69, 9.17) is 0 Å². The van der Waals surface area contributed by atoms with Crippen LogP contribution in [0.15, 0.2) is 58.4 Å². The van der Waals surface area contributed by atoms with E-state index in [2.05, 4.69) is 20.1 Å². The smallest absolute Gasteiger partial charge is 0.262 e. The summed E-state index contributed by atoms with van der Waals surface area (Å²) in [6.07, 6.45) is 1.41. The number of hydrogen-bond acceptors (Lipinski definition) is 5. The molecule has 166 valence electrons. The first-order valence-electron chi connectivity index (χ1n) is 10.0. The van der Waals surface area contributed by atoms with Crippen LogP contribution < -0.4 is 10.0 Å². The fourth-order valence-corrected chi connectivity index (χ4v) is 4.71. The molecule has 0 fully saturated rings. The number of nitrogens with zero attached hydrogens (tertiary/aromatic N) is 3. The van der Waals surface area contributed by atoms with Gasteiger partial charge in [-0.2, -0.15) is 5.10 Å². The highest BCUT2D eigenvalue weighted by Crippen LogP contribution is 2.21. The maximum absolute atomic E-state index is 13.2. The fourth-order valence-electron chi connectivity index (χ4n) is 3.58. The van der Waals surface area contributed by atoms with Crippen molar-refractivity contribution in [1.29, 1.82) is 0 Å². The van der Waals surface area contributed by atoms with Gasteiger partial charge in [0.05, 0.1) is 27.5 Å². The van der Waals surface area contributed by atoms with Crippen LogP contribution in [0.4, 0.5) is 10.1 Å². The number of amidine groups is 1.